The molecule has 2 aromatic rings. The predicted octanol–water partition coefficient (Wildman–Crippen LogP) is 1.68. The van der Waals surface area contributed by atoms with Crippen LogP contribution in [0, 0.1) is 0 Å². The molecule has 1 amide bonds. The van der Waals surface area contributed by atoms with Crippen molar-refractivity contribution in [3.05, 3.63) is 48.5 Å². The normalized spacial score (nSPS) is 11.0. The smallest absolute Gasteiger partial charge is 0.241 e. The average molecular weight is 363 g/mol. The van der Waals surface area contributed by atoms with Crippen molar-refractivity contribution in [2.75, 3.05) is 38.0 Å². The van der Waals surface area contributed by atoms with Crippen LogP contribution in [-0.4, -0.2) is 42.1 Å². The van der Waals surface area contributed by atoms with Crippen LogP contribution in [0.25, 0.3) is 0 Å². The van der Waals surface area contributed by atoms with E-state index in [1.54, 1.807) is 24.3 Å². The van der Waals surface area contributed by atoms with Gasteiger partial charge in [0, 0.05) is 25.5 Å². The summed E-state index contributed by atoms with van der Waals surface area (Å²) in [6, 6.07) is 13.1. The molecule has 0 saturated carbocycles. The average Bonchev–Trinajstić information content (AvgIpc) is 2.60. The van der Waals surface area contributed by atoms with E-state index < -0.39 is 15.9 Å². The summed E-state index contributed by atoms with van der Waals surface area (Å²) in [4.78, 5) is 13.9. The fourth-order valence-electron chi connectivity index (χ4n) is 2.05. The lowest BCUT2D eigenvalue weighted by Gasteiger charge is -2.13. The highest BCUT2D eigenvalue weighted by Crippen LogP contribution is 2.16. The van der Waals surface area contributed by atoms with Gasteiger partial charge in [-0.15, -0.1) is 0 Å². The highest BCUT2D eigenvalue weighted by Gasteiger charge is 2.15. The van der Waals surface area contributed by atoms with Crippen molar-refractivity contribution in [1.82, 2.24) is 4.72 Å². The maximum absolute atomic E-state index is 12.2. The maximum atomic E-state index is 12.2. The molecule has 0 aliphatic heterocycles. The first-order chi connectivity index (χ1) is 11.8. The topological polar surface area (TPSA) is 87.7 Å². The van der Waals surface area contributed by atoms with Gasteiger partial charge in [-0.3, -0.25) is 4.79 Å². The number of nitrogens with zero attached hydrogens (tertiary/aromatic N) is 1. The summed E-state index contributed by atoms with van der Waals surface area (Å²) in [5, 5.41) is 2.65. The third-order valence-corrected chi connectivity index (χ3v) is 4.88. The van der Waals surface area contributed by atoms with Crippen LogP contribution in [0.2, 0.25) is 0 Å². The zero-order valence-corrected chi connectivity index (χ0v) is 15.1. The molecule has 0 bridgehead atoms. The van der Waals surface area contributed by atoms with E-state index in [0.717, 1.165) is 5.69 Å². The van der Waals surface area contributed by atoms with Gasteiger partial charge in [0.1, 0.15) is 5.75 Å². The first-order valence-corrected chi connectivity index (χ1v) is 9.01. The molecule has 7 nitrogen and oxygen atoms in total. The number of carbonyl (C=O) groups is 1. The lowest BCUT2D eigenvalue weighted by Crippen LogP contribution is -2.32. The standard InChI is InChI=1S/C17H21N3O4S/c1-20(2)14-6-4-13(5-7-14)19-17(21)12-18-25(22,23)16-10-8-15(24-3)9-11-16/h4-11,18H,12H2,1-3H3,(H,19,21). The molecule has 0 aliphatic carbocycles. The summed E-state index contributed by atoms with van der Waals surface area (Å²) in [5.74, 6) is 0.104. The van der Waals surface area contributed by atoms with Crippen LogP contribution < -0.4 is 19.7 Å². The highest BCUT2D eigenvalue weighted by atomic mass is 32.2. The highest BCUT2D eigenvalue weighted by molar-refractivity contribution is 7.89. The van der Waals surface area contributed by atoms with Crippen molar-refractivity contribution in [2.45, 2.75) is 4.90 Å². The number of benzene rings is 2. The molecule has 0 aliphatic rings. The molecular formula is C17H21N3O4S. The molecule has 8 heteroatoms. The molecule has 2 rings (SSSR count). The van der Waals surface area contributed by atoms with Crippen molar-refractivity contribution in [2.24, 2.45) is 0 Å². The summed E-state index contributed by atoms with van der Waals surface area (Å²) in [6.07, 6.45) is 0. The predicted molar refractivity (Wildman–Crippen MR) is 97.6 cm³/mol. The van der Waals surface area contributed by atoms with E-state index in [9.17, 15) is 13.2 Å². The SMILES string of the molecule is COc1ccc(S(=O)(=O)NCC(=O)Nc2ccc(N(C)C)cc2)cc1. The lowest BCUT2D eigenvalue weighted by molar-refractivity contribution is -0.115. The number of hydrogen-bond donors (Lipinski definition) is 2. The van der Waals surface area contributed by atoms with Gasteiger partial charge in [-0.05, 0) is 48.5 Å². The lowest BCUT2D eigenvalue weighted by atomic mass is 10.2. The molecule has 0 spiro atoms. The van der Waals surface area contributed by atoms with Crippen molar-refractivity contribution < 1.29 is 17.9 Å². The van der Waals surface area contributed by atoms with Crippen LogP contribution in [-0.2, 0) is 14.8 Å². The van der Waals surface area contributed by atoms with Gasteiger partial charge >= 0.3 is 0 Å². The van der Waals surface area contributed by atoms with Crippen LogP contribution in [0.15, 0.2) is 53.4 Å². The van der Waals surface area contributed by atoms with Crippen molar-refractivity contribution in [3.8, 4) is 5.75 Å². The Bertz CT molecular complexity index is 816. The molecule has 0 heterocycles. The molecule has 2 N–H and O–H groups in total. The first-order valence-electron chi connectivity index (χ1n) is 7.53. The Morgan fingerprint density at radius 2 is 1.64 bits per heavy atom. The minimum Gasteiger partial charge on any atom is -0.497 e. The van der Waals surface area contributed by atoms with E-state index in [1.807, 2.05) is 31.1 Å². The molecule has 2 aromatic carbocycles. The second kappa shape index (κ2) is 8.00. The number of methoxy groups -OCH3 is 1. The van der Waals surface area contributed by atoms with Gasteiger partial charge in [-0.25, -0.2) is 13.1 Å². The van der Waals surface area contributed by atoms with E-state index in [1.165, 1.54) is 19.2 Å². The number of amides is 1. The monoisotopic (exact) mass is 363 g/mol. The van der Waals surface area contributed by atoms with Crippen LogP contribution in [0.5, 0.6) is 5.75 Å². The van der Waals surface area contributed by atoms with Crippen molar-refractivity contribution >= 4 is 27.3 Å². The number of rotatable bonds is 7. The van der Waals surface area contributed by atoms with E-state index in [4.69, 9.17) is 4.74 Å². The van der Waals surface area contributed by atoms with E-state index in [0.29, 0.717) is 11.4 Å². The van der Waals surface area contributed by atoms with Gasteiger partial charge < -0.3 is 15.0 Å². The number of carbonyl (C=O) groups excluding carboxylic acids is 1. The fourth-order valence-corrected chi connectivity index (χ4v) is 3.03. The summed E-state index contributed by atoms with van der Waals surface area (Å²) < 4.78 is 31.6. The van der Waals surface area contributed by atoms with Gasteiger partial charge in [-0.2, -0.15) is 0 Å². The Morgan fingerprint density at radius 3 is 2.16 bits per heavy atom. The number of hydrogen-bond acceptors (Lipinski definition) is 5. The van der Waals surface area contributed by atoms with Gasteiger partial charge in [0.15, 0.2) is 0 Å². The zero-order chi connectivity index (χ0) is 18.4. The van der Waals surface area contributed by atoms with Crippen LogP contribution in [0.3, 0.4) is 0 Å². The minimum absolute atomic E-state index is 0.0661. The quantitative estimate of drug-likeness (QED) is 0.781. The molecule has 0 radical (unpaired) electrons. The summed E-state index contributed by atoms with van der Waals surface area (Å²) in [6.45, 7) is -0.357. The van der Waals surface area contributed by atoms with Crippen LogP contribution in [0.1, 0.15) is 0 Å². The van der Waals surface area contributed by atoms with E-state index in [-0.39, 0.29) is 11.4 Å². The molecule has 0 atom stereocenters. The van der Waals surface area contributed by atoms with E-state index in [2.05, 4.69) is 10.0 Å². The molecule has 0 saturated heterocycles. The Hall–Kier alpha value is -2.58. The first kappa shape index (κ1) is 18.8. The molecule has 0 aromatic heterocycles. The Balaban J connectivity index is 1.93. The van der Waals surface area contributed by atoms with E-state index >= 15 is 0 Å². The largest absolute Gasteiger partial charge is 0.497 e. The Kier molecular flexibility index (Phi) is 6.00. The molecule has 0 unspecified atom stereocenters. The molecular weight excluding hydrogens is 342 g/mol. The van der Waals surface area contributed by atoms with Crippen molar-refractivity contribution in [3.63, 3.8) is 0 Å². The Labute approximate surface area is 147 Å². The molecule has 134 valence electrons. The summed E-state index contributed by atoms with van der Waals surface area (Å²) in [7, 11) is 1.57. The van der Waals surface area contributed by atoms with Gasteiger partial charge in [0.2, 0.25) is 15.9 Å². The van der Waals surface area contributed by atoms with Crippen LogP contribution in [0.4, 0.5) is 11.4 Å². The second-order valence-electron chi connectivity index (χ2n) is 5.49. The summed E-state index contributed by atoms with van der Waals surface area (Å²) >= 11 is 0. The third-order valence-electron chi connectivity index (χ3n) is 3.46. The number of ether oxygens (including phenoxy) is 1. The summed E-state index contributed by atoms with van der Waals surface area (Å²) in [5.41, 5.74) is 1.59. The van der Waals surface area contributed by atoms with Gasteiger partial charge in [0.05, 0.1) is 18.6 Å². The Morgan fingerprint density at radius 1 is 1.04 bits per heavy atom. The maximum Gasteiger partial charge on any atom is 0.241 e. The van der Waals surface area contributed by atoms with Gasteiger partial charge in [-0.1, -0.05) is 0 Å². The molecule has 25 heavy (non-hydrogen) atoms. The minimum atomic E-state index is -3.76. The number of anilines is 2. The second-order valence-corrected chi connectivity index (χ2v) is 7.26. The third kappa shape index (κ3) is 5.20. The number of sulfonamides is 1. The number of nitrogens with one attached hydrogen (secondary N) is 2. The van der Waals surface area contributed by atoms with Crippen molar-refractivity contribution in [1.29, 1.82) is 0 Å². The van der Waals surface area contributed by atoms with Gasteiger partial charge in [0.25, 0.3) is 0 Å². The molecule has 0 fully saturated rings. The van der Waals surface area contributed by atoms with Crippen LogP contribution >= 0.6 is 0 Å². The zero-order valence-electron chi connectivity index (χ0n) is 14.3. The fraction of sp³-hybridized carbons (Fsp3) is 0.235.